The van der Waals surface area contributed by atoms with Crippen molar-refractivity contribution in [2.75, 3.05) is 0 Å². The molecule has 2 unspecified atom stereocenters. The zero-order valence-corrected chi connectivity index (χ0v) is 8.86. The summed E-state index contributed by atoms with van der Waals surface area (Å²) in [5, 5.41) is 0. The summed E-state index contributed by atoms with van der Waals surface area (Å²) in [5.74, 6) is 1.07. The monoisotopic (exact) mass is 216 g/mol. The van der Waals surface area contributed by atoms with Crippen LogP contribution in [-0.2, 0) is 0 Å². The Morgan fingerprint density at radius 3 is 2.36 bits per heavy atom. The first-order valence-electron chi connectivity index (χ1n) is 4.85. The second kappa shape index (κ2) is 2.76. The van der Waals surface area contributed by atoms with Gasteiger partial charge in [-0.3, -0.25) is 0 Å². The molecular formula is C10H17Br. The van der Waals surface area contributed by atoms with E-state index in [-0.39, 0.29) is 0 Å². The van der Waals surface area contributed by atoms with Crippen LogP contribution in [0.25, 0.3) is 0 Å². The van der Waals surface area contributed by atoms with E-state index in [2.05, 4.69) is 22.9 Å². The number of halogens is 1. The van der Waals surface area contributed by atoms with Gasteiger partial charge in [0.15, 0.2) is 0 Å². The third-order valence-electron chi connectivity index (χ3n) is 3.81. The number of rotatable bonds is 1. The van der Waals surface area contributed by atoms with Crippen LogP contribution in [0.3, 0.4) is 0 Å². The highest BCUT2D eigenvalue weighted by molar-refractivity contribution is 9.09. The van der Waals surface area contributed by atoms with Crippen molar-refractivity contribution in [2.24, 2.45) is 11.3 Å². The quantitative estimate of drug-likeness (QED) is 0.587. The molecule has 0 radical (unpaired) electrons. The van der Waals surface area contributed by atoms with Crippen molar-refractivity contribution in [3.05, 3.63) is 0 Å². The maximum absolute atomic E-state index is 3.74. The van der Waals surface area contributed by atoms with Crippen LogP contribution in [0.4, 0.5) is 0 Å². The third-order valence-corrected chi connectivity index (χ3v) is 4.59. The van der Waals surface area contributed by atoms with Gasteiger partial charge in [-0.15, -0.1) is 0 Å². The minimum absolute atomic E-state index is 0.715. The molecule has 0 heterocycles. The van der Waals surface area contributed by atoms with E-state index in [1.807, 2.05) is 0 Å². The Morgan fingerprint density at radius 2 is 2.00 bits per heavy atom. The van der Waals surface area contributed by atoms with E-state index in [1.54, 1.807) is 0 Å². The molecule has 2 rings (SSSR count). The van der Waals surface area contributed by atoms with Gasteiger partial charge in [0.25, 0.3) is 0 Å². The Labute approximate surface area is 77.9 Å². The number of alkyl halides is 1. The first-order chi connectivity index (χ1) is 5.21. The van der Waals surface area contributed by atoms with Crippen molar-refractivity contribution in [2.45, 2.75) is 50.3 Å². The second-order valence-electron chi connectivity index (χ2n) is 4.62. The van der Waals surface area contributed by atoms with Gasteiger partial charge in [0.1, 0.15) is 0 Å². The summed E-state index contributed by atoms with van der Waals surface area (Å²) in [6.07, 6.45) is 8.82. The van der Waals surface area contributed by atoms with Gasteiger partial charge in [-0.25, -0.2) is 0 Å². The highest BCUT2D eigenvalue weighted by Crippen LogP contribution is 2.53. The Morgan fingerprint density at radius 1 is 1.27 bits per heavy atom. The van der Waals surface area contributed by atoms with Crippen LogP contribution in [0.2, 0.25) is 0 Å². The summed E-state index contributed by atoms with van der Waals surface area (Å²) in [7, 11) is 0. The van der Waals surface area contributed by atoms with Gasteiger partial charge in [-0.2, -0.15) is 0 Å². The molecular weight excluding hydrogens is 200 g/mol. The molecule has 2 saturated carbocycles. The Bertz CT molecular complexity index is 151. The molecule has 0 saturated heterocycles. The summed E-state index contributed by atoms with van der Waals surface area (Å²) in [6, 6.07) is 0. The van der Waals surface area contributed by atoms with Crippen molar-refractivity contribution in [1.82, 2.24) is 0 Å². The topological polar surface area (TPSA) is 0 Å². The molecule has 0 aromatic rings. The van der Waals surface area contributed by atoms with Gasteiger partial charge in [-0.05, 0) is 43.4 Å². The fourth-order valence-electron chi connectivity index (χ4n) is 2.67. The molecule has 0 N–H and O–H groups in total. The predicted octanol–water partition coefficient (Wildman–Crippen LogP) is 3.74. The summed E-state index contributed by atoms with van der Waals surface area (Å²) >= 11 is 3.74. The molecule has 64 valence electrons. The number of hydrogen-bond acceptors (Lipinski definition) is 0. The predicted molar refractivity (Wildman–Crippen MR) is 52.0 cm³/mol. The molecule has 2 aliphatic carbocycles. The van der Waals surface area contributed by atoms with E-state index in [1.165, 1.54) is 38.5 Å². The maximum Gasteiger partial charge on any atom is 0.0151 e. The average Bonchev–Trinajstić information content (AvgIpc) is 2.06. The molecule has 0 amide bonds. The van der Waals surface area contributed by atoms with Gasteiger partial charge in [0, 0.05) is 4.83 Å². The van der Waals surface area contributed by atoms with Crippen LogP contribution in [0.5, 0.6) is 0 Å². The lowest BCUT2D eigenvalue weighted by atomic mass is 9.65. The van der Waals surface area contributed by atoms with Crippen molar-refractivity contribution in [3.8, 4) is 0 Å². The molecule has 1 heteroatoms. The first-order valence-corrected chi connectivity index (χ1v) is 5.76. The Kier molecular flexibility index (Phi) is 2.03. The highest BCUT2D eigenvalue weighted by atomic mass is 79.9. The largest absolute Gasteiger partial charge is 0.0890 e. The lowest BCUT2D eigenvalue weighted by Gasteiger charge is -2.40. The minimum Gasteiger partial charge on any atom is -0.0890 e. The lowest BCUT2D eigenvalue weighted by Crippen LogP contribution is -2.30. The minimum atomic E-state index is 0.715. The van der Waals surface area contributed by atoms with Gasteiger partial charge in [0.2, 0.25) is 0 Å². The Hall–Kier alpha value is 0.480. The van der Waals surface area contributed by atoms with Gasteiger partial charge >= 0.3 is 0 Å². The van der Waals surface area contributed by atoms with Gasteiger partial charge in [0.05, 0.1) is 0 Å². The van der Waals surface area contributed by atoms with Crippen LogP contribution in [-0.4, -0.2) is 4.83 Å². The molecule has 0 spiro atoms. The van der Waals surface area contributed by atoms with Crippen molar-refractivity contribution >= 4 is 15.9 Å². The summed E-state index contributed by atoms with van der Waals surface area (Å²) in [5.41, 5.74) is 0.715. The van der Waals surface area contributed by atoms with E-state index in [4.69, 9.17) is 0 Å². The van der Waals surface area contributed by atoms with E-state index in [0.29, 0.717) is 5.41 Å². The SMILES string of the molecule is CC1(C2CCC2)CCC(Br)C1. The Balaban J connectivity index is 1.98. The number of hydrogen-bond donors (Lipinski definition) is 0. The van der Waals surface area contributed by atoms with Crippen LogP contribution in [0, 0.1) is 11.3 Å². The van der Waals surface area contributed by atoms with Crippen LogP contribution < -0.4 is 0 Å². The van der Waals surface area contributed by atoms with E-state index >= 15 is 0 Å². The van der Waals surface area contributed by atoms with E-state index in [9.17, 15) is 0 Å². The van der Waals surface area contributed by atoms with Crippen molar-refractivity contribution in [1.29, 1.82) is 0 Å². The van der Waals surface area contributed by atoms with E-state index < -0.39 is 0 Å². The molecule has 0 aromatic carbocycles. The first kappa shape index (κ1) is 8.10. The summed E-state index contributed by atoms with van der Waals surface area (Å²) < 4.78 is 0. The highest BCUT2D eigenvalue weighted by Gasteiger charge is 2.42. The normalized spacial score (nSPS) is 45.8. The van der Waals surface area contributed by atoms with Crippen LogP contribution in [0.15, 0.2) is 0 Å². The van der Waals surface area contributed by atoms with Crippen LogP contribution >= 0.6 is 15.9 Å². The fraction of sp³-hybridized carbons (Fsp3) is 1.00. The summed E-state index contributed by atoms with van der Waals surface area (Å²) in [4.78, 5) is 0.827. The van der Waals surface area contributed by atoms with E-state index in [0.717, 1.165) is 10.7 Å². The van der Waals surface area contributed by atoms with Gasteiger partial charge < -0.3 is 0 Å². The lowest BCUT2D eigenvalue weighted by molar-refractivity contribution is 0.109. The smallest absolute Gasteiger partial charge is 0.0151 e. The molecule has 0 aliphatic heterocycles. The molecule has 0 aromatic heterocycles. The van der Waals surface area contributed by atoms with Crippen molar-refractivity contribution < 1.29 is 0 Å². The third kappa shape index (κ3) is 1.37. The molecule has 11 heavy (non-hydrogen) atoms. The van der Waals surface area contributed by atoms with Crippen LogP contribution in [0.1, 0.15) is 45.4 Å². The molecule has 2 aliphatic rings. The molecule has 2 atom stereocenters. The van der Waals surface area contributed by atoms with Gasteiger partial charge in [-0.1, -0.05) is 29.3 Å². The zero-order chi connectivity index (χ0) is 7.90. The second-order valence-corrected chi connectivity index (χ2v) is 5.92. The molecule has 2 fully saturated rings. The summed E-state index contributed by atoms with van der Waals surface area (Å²) in [6.45, 7) is 2.50. The van der Waals surface area contributed by atoms with Crippen molar-refractivity contribution in [3.63, 3.8) is 0 Å². The molecule has 0 nitrogen and oxygen atoms in total. The average molecular weight is 217 g/mol. The zero-order valence-electron chi connectivity index (χ0n) is 7.28. The maximum atomic E-state index is 3.74. The standard InChI is InChI=1S/C10H17Br/c1-10(8-3-2-4-8)6-5-9(11)7-10/h8-9H,2-7H2,1H3. The fourth-order valence-corrected chi connectivity index (χ4v) is 3.64. The molecule has 0 bridgehead atoms.